The highest BCUT2D eigenvalue weighted by atomic mass is 35.5. The lowest BCUT2D eigenvalue weighted by atomic mass is 10.1. The Labute approximate surface area is 115 Å². The summed E-state index contributed by atoms with van der Waals surface area (Å²) in [6.45, 7) is 2.17. The molecule has 0 radical (unpaired) electrons. The fourth-order valence-corrected chi connectivity index (χ4v) is 2.22. The van der Waals surface area contributed by atoms with Crippen LogP contribution in [-0.4, -0.2) is 23.8 Å². The number of ether oxygens (including phenoxy) is 1. The molecule has 0 aromatic rings. The minimum Gasteiger partial charge on any atom is -0.469 e. The van der Waals surface area contributed by atoms with Gasteiger partial charge in [-0.2, -0.15) is 0 Å². The fourth-order valence-electron chi connectivity index (χ4n) is 1.66. The van der Waals surface area contributed by atoms with Crippen LogP contribution >= 0.6 is 23.2 Å². The van der Waals surface area contributed by atoms with Gasteiger partial charge in [-0.1, -0.05) is 32.6 Å². The zero-order valence-corrected chi connectivity index (χ0v) is 12.4. The zero-order chi connectivity index (χ0) is 13.1. The first-order valence-corrected chi connectivity index (χ1v) is 7.34. The largest absolute Gasteiger partial charge is 0.469 e. The van der Waals surface area contributed by atoms with Crippen LogP contribution in [0.1, 0.15) is 58.3 Å². The van der Waals surface area contributed by atoms with Crippen LogP contribution in [0, 0.1) is 0 Å². The normalized spacial score (nSPS) is 14.4. The molecule has 0 aromatic carbocycles. The van der Waals surface area contributed by atoms with E-state index >= 15 is 0 Å². The number of rotatable bonds is 10. The number of esters is 1. The van der Waals surface area contributed by atoms with Crippen LogP contribution in [0.3, 0.4) is 0 Å². The molecule has 0 aliphatic rings. The topological polar surface area (TPSA) is 26.3 Å². The van der Waals surface area contributed by atoms with Gasteiger partial charge in [-0.25, -0.2) is 0 Å². The van der Waals surface area contributed by atoms with Crippen molar-refractivity contribution in [3.8, 4) is 0 Å². The number of carbonyl (C=O) groups is 1. The summed E-state index contributed by atoms with van der Waals surface area (Å²) < 4.78 is 4.57. The summed E-state index contributed by atoms with van der Waals surface area (Å²) in [5, 5.41) is 0.0764. The minimum atomic E-state index is -0.151. The monoisotopic (exact) mass is 282 g/mol. The number of halogens is 2. The molecular weight excluding hydrogens is 259 g/mol. The van der Waals surface area contributed by atoms with Gasteiger partial charge >= 0.3 is 5.97 Å². The van der Waals surface area contributed by atoms with Crippen LogP contribution in [0.25, 0.3) is 0 Å². The van der Waals surface area contributed by atoms with E-state index in [1.807, 2.05) is 0 Å². The van der Waals surface area contributed by atoms with E-state index in [0.717, 1.165) is 32.1 Å². The van der Waals surface area contributed by atoms with Crippen molar-refractivity contribution in [2.24, 2.45) is 0 Å². The molecule has 0 saturated carbocycles. The van der Waals surface area contributed by atoms with Crippen LogP contribution in [0.15, 0.2) is 0 Å². The molecule has 0 saturated heterocycles. The minimum absolute atomic E-state index is 0.0196. The summed E-state index contributed by atoms with van der Waals surface area (Å²) in [5.74, 6) is -0.151. The van der Waals surface area contributed by atoms with E-state index in [0.29, 0.717) is 6.42 Å². The maximum absolute atomic E-state index is 10.9. The van der Waals surface area contributed by atoms with Crippen LogP contribution in [0.2, 0.25) is 0 Å². The third-order valence-corrected chi connectivity index (χ3v) is 3.99. The van der Waals surface area contributed by atoms with Gasteiger partial charge in [-0.05, 0) is 19.3 Å². The van der Waals surface area contributed by atoms with Gasteiger partial charge in [0.2, 0.25) is 0 Å². The van der Waals surface area contributed by atoms with Crippen molar-refractivity contribution in [2.45, 2.75) is 69.0 Å². The second-order valence-corrected chi connectivity index (χ2v) is 5.47. The van der Waals surface area contributed by atoms with Gasteiger partial charge in [0.1, 0.15) is 0 Å². The Bertz CT molecular complexity index is 198. The van der Waals surface area contributed by atoms with E-state index in [4.69, 9.17) is 23.2 Å². The number of methoxy groups -OCH3 is 1. The van der Waals surface area contributed by atoms with Crippen molar-refractivity contribution in [2.75, 3.05) is 7.11 Å². The molecule has 0 rings (SSSR count). The van der Waals surface area contributed by atoms with Crippen LogP contribution in [-0.2, 0) is 9.53 Å². The molecule has 0 fully saturated rings. The molecule has 0 N–H and O–H groups in total. The highest BCUT2D eigenvalue weighted by Gasteiger charge is 2.15. The summed E-state index contributed by atoms with van der Waals surface area (Å²) in [6, 6.07) is 0. The third-order valence-electron chi connectivity index (χ3n) is 2.81. The van der Waals surface area contributed by atoms with Gasteiger partial charge in [0, 0.05) is 17.2 Å². The number of alkyl halides is 2. The molecule has 2 unspecified atom stereocenters. The van der Waals surface area contributed by atoms with Crippen molar-refractivity contribution in [3.63, 3.8) is 0 Å². The molecule has 0 aromatic heterocycles. The first-order valence-electron chi connectivity index (χ1n) is 6.46. The van der Waals surface area contributed by atoms with Gasteiger partial charge in [0.25, 0.3) is 0 Å². The van der Waals surface area contributed by atoms with Crippen molar-refractivity contribution >= 4 is 29.2 Å². The van der Waals surface area contributed by atoms with Crippen LogP contribution in [0.4, 0.5) is 0 Å². The van der Waals surface area contributed by atoms with Crippen molar-refractivity contribution < 1.29 is 9.53 Å². The summed E-state index contributed by atoms with van der Waals surface area (Å²) in [5.41, 5.74) is 0. The number of unbranched alkanes of at least 4 members (excludes halogenated alkanes) is 3. The Morgan fingerprint density at radius 2 is 1.59 bits per heavy atom. The summed E-state index contributed by atoms with van der Waals surface area (Å²) in [4.78, 5) is 10.9. The van der Waals surface area contributed by atoms with Gasteiger partial charge in [0.15, 0.2) is 0 Å². The molecule has 0 aliphatic heterocycles. The Balaban J connectivity index is 3.49. The highest BCUT2D eigenvalue weighted by Crippen LogP contribution is 2.22. The summed E-state index contributed by atoms with van der Waals surface area (Å²) >= 11 is 12.4. The first kappa shape index (κ1) is 17.1. The summed E-state index contributed by atoms with van der Waals surface area (Å²) in [7, 11) is 1.41. The molecule has 2 atom stereocenters. The Hall–Kier alpha value is 0.0500. The molecule has 4 heteroatoms. The van der Waals surface area contributed by atoms with Gasteiger partial charge in [-0.15, -0.1) is 23.2 Å². The van der Waals surface area contributed by atoms with E-state index in [-0.39, 0.29) is 16.7 Å². The van der Waals surface area contributed by atoms with E-state index in [1.165, 1.54) is 20.0 Å². The summed E-state index contributed by atoms with van der Waals surface area (Å²) in [6.07, 6.45) is 7.66. The smallest absolute Gasteiger partial charge is 0.305 e. The molecular formula is C13H24Cl2O2. The van der Waals surface area contributed by atoms with E-state index in [1.54, 1.807) is 0 Å². The van der Waals surface area contributed by atoms with Gasteiger partial charge < -0.3 is 4.74 Å². The standard InChI is InChI=1S/C13H24Cl2O2/c1-3-4-5-8-11(14)12(15)9-6-7-10-13(16)17-2/h11-12H,3-10H2,1-2H3. The molecule has 102 valence electrons. The average molecular weight is 283 g/mol. The molecule has 0 aliphatic carbocycles. The molecule has 17 heavy (non-hydrogen) atoms. The Morgan fingerprint density at radius 1 is 1.06 bits per heavy atom. The maximum Gasteiger partial charge on any atom is 0.305 e. The lowest BCUT2D eigenvalue weighted by Gasteiger charge is -2.15. The molecule has 0 spiro atoms. The van der Waals surface area contributed by atoms with E-state index in [9.17, 15) is 4.79 Å². The highest BCUT2D eigenvalue weighted by molar-refractivity contribution is 6.29. The van der Waals surface area contributed by atoms with Crippen LogP contribution in [0.5, 0.6) is 0 Å². The van der Waals surface area contributed by atoms with Crippen molar-refractivity contribution in [3.05, 3.63) is 0 Å². The molecule has 0 bridgehead atoms. The predicted octanol–water partition coefficient (Wildman–Crippen LogP) is 4.51. The SMILES string of the molecule is CCCCCC(Cl)C(Cl)CCCCC(=O)OC. The van der Waals surface area contributed by atoms with Crippen LogP contribution < -0.4 is 0 Å². The quantitative estimate of drug-likeness (QED) is 0.335. The third kappa shape index (κ3) is 9.72. The van der Waals surface area contributed by atoms with Crippen molar-refractivity contribution in [1.82, 2.24) is 0 Å². The Kier molecular flexibility index (Phi) is 11.2. The maximum atomic E-state index is 10.9. The number of hydrogen-bond donors (Lipinski definition) is 0. The lowest BCUT2D eigenvalue weighted by Crippen LogP contribution is -2.15. The lowest BCUT2D eigenvalue weighted by molar-refractivity contribution is -0.140. The van der Waals surface area contributed by atoms with Crippen molar-refractivity contribution in [1.29, 1.82) is 0 Å². The molecule has 2 nitrogen and oxygen atoms in total. The second kappa shape index (κ2) is 11.2. The van der Waals surface area contributed by atoms with Gasteiger partial charge in [-0.3, -0.25) is 4.79 Å². The first-order chi connectivity index (χ1) is 8.11. The number of hydrogen-bond acceptors (Lipinski definition) is 2. The van der Waals surface area contributed by atoms with E-state index < -0.39 is 0 Å². The van der Waals surface area contributed by atoms with E-state index in [2.05, 4.69) is 11.7 Å². The average Bonchev–Trinajstić information content (AvgIpc) is 2.34. The molecule has 0 amide bonds. The second-order valence-electron chi connectivity index (χ2n) is 4.35. The predicted molar refractivity (Wildman–Crippen MR) is 73.9 cm³/mol. The molecule has 0 heterocycles. The van der Waals surface area contributed by atoms with Gasteiger partial charge in [0.05, 0.1) is 7.11 Å². The zero-order valence-electron chi connectivity index (χ0n) is 10.9. The Morgan fingerprint density at radius 3 is 2.06 bits per heavy atom. The fraction of sp³-hybridized carbons (Fsp3) is 0.923. The number of carbonyl (C=O) groups excluding carboxylic acids is 1.